The van der Waals surface area contributed by atoms with Crippen molar-refractivity contribution < 1.29 is 73.4 Å². The number of fused-ring (bicyclic) bond motifs is 8. The third-order valence-electron chi connectivity index (χ3n) is 13.1. The zero-order valence-corrected chi connectivity index (χ0v) is 53.5. The van der Waals surface area contributed by atoms with E-state index in [-0.39, 0.29) is 78.5 Å². The summed E-state index contributed by atoms with van der Waals surface area (Å²) in [5.41, 5.74) is 4.95. The lowest BCUT2D eigenvalue weighted by Gasteiger charge is -2.27. The highest BCUT2D eigenvalue weighted by Crippen LogP contribution is 2.53. The normalized spacial score (nSPS) is 13.2. The minimum absolute atomic E-state index is 0.100. The van der Waals surface area contributed by atoms with Gasteiger partial charge in [0, 0.05) is 25.7 Å². The van der Waals surface area contributed by atoms with Crippen molar-refractivity contribution in [1.82, 2.24) is 0 Å². The molecule has 0 atom stereocenters. The molecule has 16 nitrogen and oxygen atoms in total. The standard InChI is InChI=1S/C60H92O16P4/c1-13-25-29-65-57-45-33-47-39-54(78(62,71-19-7)72-20-8)41-49(58(47)66-30-26-14-2)35-51-43-56(80(64,75-23-11)76-24-12)44-52(60(51)68-32-28-16-4)36-50-42-55(79(63,73-21-9)74-22-10)40-48(59(50)67-31-27-15-3)34-46(57)38-53(37-45)77(61,69-17-5)70-18-6/h37-44H,13-36H2,1-12H3. The average Bonchev–Trinajstić information content (AvgIpc) is 3.42. The monoisotopic (exact) mass is 1190 g/mol. The van der Waals surface area contributed by atoms with Crippen molar-refractivity contribution in [3.63, 3.8) is 0 Å². The smallest absolute Gasteiger partial charge is 0.361 e. The van der Waals surface area contributed by atoms with Crippen LogP contribution in [-0.4, -0.2) is 79.3 Å². The fourth-order valence-electron chi connectivity index (χ4n) is 9.57. The molecule has 0 radical (unpaired) electrons. The van der Waals surface area contributed by atoms with Gasteiger partial charge in [0.15, 0.2) is 0 Å². The van der Waals surface area contributed by atoms with Gasteiger partial charge in [-0.15, -0.1) is 0 Å². The van der Waals surface area contributed by atoms with Crippen molar-refractivity contribution in [2.75, 3.05) is 79.3 Å². The average molecular weight is 1190 g/mol. The Balaban J connectivity index is 2.16. The second-order valence-corrected chi connectivity index (χ2v) is 27.3. The molecule has 0 aromatic heterocycles. The Morgan fingerprint density at radius 2 is 0.425 bits per heavy atom. The first-order chi connectivity index (χ1) is 38.6. The lowest BCUT2D eigenvalue weighted by molar-refractivity contribution is 0.229. The number of benzene rings is 4. The number of hydrogen-bond acceptors (Lipinski definition) is 16. The van der Waals surface area contributed by atoms with Crippen LogP contribution in [-0.2, 0) is 80.1 Å². The highest BCUT2D eigenvalue weighted by molar-refractivity contribution is 7.63. The molecule has 0 unspecified atom stereocenters. The summed E-state index contributed by atoms with van der Waals surface area (Å²) in [6, 6.07) is 14.6. The summed E-state index contributed by atoms with van der Waals surface area (Å²) < 4.78 is 138. The van der Waals surface area contributed by atoms with Gasteiger partial charge in [0.05, 0.1) is 101 Å². The van der Waals surface area contributed by atoms with Crippen molar-refractivity contribution in [1.29, 1.82) is 0 Å². The topological polar surface area (TPSA) is 179 Å². The van der Waals surface area contributed by atoms with Gasteiger partial charge >= 0.3 is 30.4 Å². The van der Waals surface area contributed by atoms with Crippen LogP contribution in [0.1, 0.15) is 179 Å². The molecule has 0 fully saturated rings. The summed E-state index contributed by atoms with van der Waals surface area (Å²) in [5.74, 6) is 2.08. The van der Waals surface area contributed by atoms with Crippen molar-refractivity contribution in [3.8, 4) is 23.0 Å². The zero-order chi connectivity index (χ0) is 58.4. The van der Waals surface area contributed by atoms with Crippen LogP contribution in [0, 0.1) is 0 Å². The van der Waals surface area contributed by atoms with Gasteiger partial charge in [-0.1, -0.05) is 53.4 Å². The van der Waals surface area contributed by atoms with Gasteiger partial charge in [0.25, 0.3) is 0 Å². The van der Waals surface area contributed by atoms with E-state index in [4.69, 9.17) is 55.1 Å². The molecule has 448 valence electrons. The van der Waals surface area contributed by atoms with Crippen LogP contribution in [0.4, 0.5) is 0 Å². The van der Waals surface area contributed by atoms with Gasteiger partial charge in [-0.25, -0.2) is 0 Å². The maximum atomic E-state index is 15.3. The molecule has 4 aromatic carbocycles. The largest absolute Gasteiger partial charge is 0.493 e. The molecule has 1 aliphatic carbocycles. The minimum atomic E-state index is -4.01. The Morgan fingerprint density at radius 3 is 0.550 bits per heavy atom. The Bertz CT molecular complexity index is 2290. The van der Waals surface area contributed by atoms with Gasteiger partial charge in [-0.3, -0.25) is 18.3 Å². The number of unbranched alkanes of at least 4 members (excludes halogenated alkanes) is 4. The van der Waals surface area contributed by atoms with E-state index in [1.54, 1.807) is 55.4 Å². The molecular formula is C60H92O16P4. The number of hydrogen-bond donors (Lipinski definition) is 0. The summed E-state index contributed by atoms with van der Waals surface area (Å²) in [6.07, 6.45) is 6.71. The molecule has 0 heterocycles. The molecule has 0 spiro atoms. The maximum absolute atomic E-state index is 15.3. The van der Waals surface area contributed by atoms with E-state index in [1.165, 1.54) is 0 Å². The molecular weight excluding hydrogens is 1100 g/mol. The first-order valence-corrected chi connectivity index (χ1v) is 35.5. The molecule has 80 heavy (non-hydrogen) atoms. The van der Waals surface area contributed by atoms with Crippen molar-refractivity contribution in [3.05, 3.63) is 93.0 Å². The summed E-state index contributed by atoms with van der Waals surface area (Å²) in [6.45, 7) is 24.7. The van der Waals surface area contributed by atoms with Crippen LogP contribution in [0.15, 0.2) is 48.5 Å². The first kappa shape index (κ1) is 67.5. The number of ether oxygens (including phenoxy) is 4. The molecule has 1 aliphatic rings. The van der Waals surface area contributed by atoms with Crippen molar-refractivity contribution in [2.45, 2.75) is 160 Å². The predicted molar refractivity (Wildman–Crippen MR) is 321 cm³/mol. The van der Waals surface area contributed by atoms with Crippen LogP contribution in [0.3, 0.4) is 0 Å². The summed E-state index contributed by atoms with van der Waals surface area (Å²) >= 11 is 0. The quantitative estimate of drug-likeness (QED) is 0.0273. The molecule has 0 amide bonds. The summed E-state index contributed by atoms with van der Waals surface area (Å²) in [4.78, 5) is 0. The highest BCUT2D eigenvalue weighted by atomic mass is 31.2. The van der Waals surface area contributed by atoms with E-state index >= 15 is 18.3 Å². The Labute approximate surface area is 478 Å². The van der Waals surface area contributed by atoms with Gasteiger partial charge < -0.3 is 55.1 Å². The summed E-state index contributed by atoms with van der Waals surface area (Å²) in [7, 11) is -16.1. The van der Waals surface area contributed by atoms with Gasteiger partial charge in [0.2, 0.25) is 0 Å². The van der Waals surface area contributed by atoms with E-state index in [0.717, 1.165) is 51.4 Å². The maximum Gasteiger partial charge on any atom is 0.361 e. The Morgan fingerprint density at radius 1 is 0.275 bits per heavy atom. The van der Waals surface area contributed by atoms with E-state index < -0.39 is 30.4 Å². The second-order valence-electron chi connectivity index (χ2n) is 19.2. The fourth-order valence-corrected chi connectivity index (χ4v) is 16.3. The molecule has 0 aliphatic heterocycles. The summed E-state index contributed by atoms with van der Waals surface area (Å²) in [5, 5.41) is 1.21. The fraction of sp³-hybridized carbons (Fsp3) is 0.600. The molecule has 0 saturated heterocycles. The molecule has 8 bridgehead atoms. The van der Waals surface area contributed by atoms with E-state index in [0.29, 0.717) is 115 Å². The molecule has 4 aromatic rings. The predicted octanol–water partition coefficient (Wildman–Crippen LogP) is 14.6. The van der Waals surface area contributed by atoms with Gasteiger partial charge in [0.1, 0.15) is 23.0 Å². The van der Waals surface area contributed by atoms with Crippen LogP contribution < -0.4 is 40.2 Å². The van der Waals surface area contributed by atoms with Gasteiger partial charge in [-0.05, 0) is 174 Å². The molecule has 0 N–H and O–H groups in total. The van der Waals surface area contributed by atoms with Crippen LogP contribution >= 0.6 is 30.4 Å². The number of rotatable bonds is 36. The molecule has 0 saturated carbocycles. The van der Waals surface area contributed by atoms with Crippen molar-refractivity contribution >= 4 is 51.6 Å². The molecule has 20 heteroatoms. The Kier molecular flexibility index (Phi) is 28.0. The lowest BCUT2D eigenvalue weighted by atomic mass is 9.91. The highest BCUT2D eigenvalue weighted by Gasteiger charge is 2.36. The zero-order valence-electron chi connectivity index (χ0n) is 49.9. The second kappa shape index (κ2) is 33.2. The third kappa shape index (κ3) is 17.4. The first-order valence-electron chi connectivity index (χ1n) is 29.3. The molecule has 5 rings (SSSR count). The van der Waals surface area contributed by atoms with E-state index in [1.807, 2.05) is 48.5 Å². The van der Waals surface area contributed by atoms with Crippen LogP contribution in [0.2, 0.25) is 0 Å². The van der Waals surface area contributed by atoms with Gasteiger partial charge in [-0.2, -0.15) is 0 Å². The van der Waals surface area contributed by atoms with Crippen LogP contribution in [0.5, 0.6) is 23.0 Å². The third-order valence-corrected chi connectivity index (χ3v) is 21.4. The van der Waals surface area contributed by atoms with Crippen molar-refractivity contribution in [2.24, 2.45) is 0 Å². The SMILES string of the molecule is CCCCOc1c2cc(P(=O)(OCC)OCC)cc1Cc1cc(P(=O)(OCC)OCC)cc(c1OCCCC)Cc1cc(P(=O)(OCC)OCC)cc(c1OCCCC)Cc1cc(P(=O)(OCC)OCC)cc(c1OCCCC)C2. The lowest BCUT2D eigenvalue weighted by Crippen LogP contribution is -2.20. The Hall–Kier alpha value is -3.32. The van der Waals surface area contributed by atoms with E-state index in [2.05, 4.69) is 27.7 Å². The van der Waals surface area contributed by atoms with Crippen LogP contribution in [0.25, 0.3) is 0 Å². The minimum Gasteiger partial charge on any atom is -0.493 e. The van der Waals surface area contributed by atoms with E-state index in [9.17, 15) is 0 Å².